The van der Waals surface area contributed by atoms with Crippen molar-refractivity contribution in [2.45, 2.75) is 24.6 Å². The van der Waals surface area contributed by atoms with Crippen LogP contribution in [0.25, 0.3) is 0 Å². The zero-order valence-electron chi connectivity index (χ0n) is 10.9. The van der Waals surface area contributed by atoms with Crippen LogP contribution < -0.4 is 98.9 Å². The van der Waals surface area contributed by atoms with E-state index in [4.69, 9.17) is 5.11 Å². The molecule has 0 aromatic rings. The third kappa shape index (κ3) is 11.0. The Labute approximate surface area is 175 Å². The Morgan fingerprint density at radius 2 is 1.47 bits per heavy atom. The quantitative estimate of drug-likeness (QED) is 0.283. The Bertz CT molecular complexity index is 381. The Hall–Kier alpha value is 1.77. The average Bonchev–Trinajstić information content (AvgIpc) is 1.97. The van der Waals surface area contributed by atoms with Crippen molar-refractivity contribution in [2.24, 2.45) is 0 Å². The molecule has 0 radical (unpaired) electrons. The molecule has 0 saturated heterocycles. The fourth-order valence-corrected chi connectivity index (χ4v) is 1.57. The Balaban J connectivity index is -0.000000375. The molecule has 0 aliphatic rings. The molecule has 0 aromatic carbocycles. The van der Waals surface area contributed by atoms with E-state index in [1.165, 1.54) is 0 Å². The number of aliphatic hydroxyl groups excluding tert-OH is 1. The van der Waals surface area contributed by atoms with Gasteiger partial charge in [0.05, 0.1) is 11.9 Å². The van der Waals surface area contributed by atoms with Gasteiger partial charge in [-0.2, -0.15) is 0 Å². The number of carboxylic acids is 2. The zero-order chi connectivity index (χ0) is 13.1. The van der Waals surface area contributed by atoms with E-state index in [1.807, 2.05) is 0 Å². The number of hydrogen-bond acceptors (Lipinski definition) is 9. The van der Waals surface area contributed by atoms with Crippen LogP contribution in [0.5, 0.6) is 0 Å². The van der Waals surface area contributed by atoms with Gasteiger partial charge in [-0.05, 0) is 6.92 Å². The SMILES string of the molecule is CC(O)OC(C(=O)[O-])C(C(=O)[O-])S(=O)(=O)[O-].[Na+].[Na+].[Na+]. The molecule has 0 amide bonds. The van der Waals surface area contributed by atoms with Gasteiger partial charge in [-0.1, -0.05) is 0 Å². The molecule has 0 saturated carbocycles. The third-order valence-electron chi connectivity index (χ3n) is 1.39. The number of rotatable bonds is 6. The minimum absolute atomic E-state index is 0. The summed E-state index contributed by atoms with van der Waals surface area (Å²) in [6.45, 7) is 0.889. The maximum atomic E-state index is 10.5. The third-order valence-corrected chi connectivity index (χ3v) is 2.46. The largest absolute Gasteiger partial charge is 1.00 e. The molecule has 0 aromatic heterocycles. The topological polar surface area (TPSA) is 167 Å². The van der Waals surface area contributed by atoms with Crippen LogP contribution in [0.15, 0.2) is 0 Å². The fourth-order valence-electron chi connectivity index (χ4n) is 0.856. The van der Waals surface area contributed by atoms with Crippen molar-refractivity contribution in [1.29, 1.82) is 0 Å². The van der Waals surface area contributed by atoms with Crippen molar-refractivity contribution < 1.29 is 131 Å². The molecule has 1 N–H and O–H groups in total. The maximum Gasteiger partial charge on any atom is 1.00 e. The molecule has 3 unspecified atom stereocenters. The number of hydrogen-bond donors (Lipinski definition) is 1. The molecule has 3 atom stereocenters. The van der Waals surface area contributed by atoms with Crippen molar-refractivity contribution in [3.63, 3.8) is 0 Å². The van der Waals surface area contributed by atoms with Crippen LogP contribution in [0.2, 0.25) is 0 Å². The number of ether oxygens (including phenoxy) is 1. The normalized spacial score (nSPS) is 14.7. The number of aliphatic hydroxyl groups is 1. The van der Waals surface area contributed by atoms with Gasteiger partial charge in [0, 0.05) is 0 Å². The molecule has 0 fully saturated rings. The molecule has 13 heteroatoms. The van der Waals surface area contributed by atoms with Gasteiger partial charge in [0.15, 0.2) is 6.29 Å². The first-order valence-corrected chi connectivity index (χ1v) is 5.24. The first-order chi connectivity index (χ1) is 7.07. The van der Waals surface area contributed by atoms with E-state index >= 15 is 0 Å². The predicted octanol–water partition coefficient (Wildman–Crippen LogP) is -13.9. The molecule has 0 bridgehead atoms. The van der Waals surface area contributed by atoms with Crippen LogP contribution >= 0.6 is 0 Å². The Morgan fingerprint density at radius 1 is 1.11 bits per heavy atom. The summed E-state index contributed by atoms with van der Waals surface area (Å²) in [5.41, 5.74) is 0. The van der Waals surface area contributed by atoms with Crippen LogP contribution in [0, 0.1) is 0 Å². The summed E-state index contributed by atoms with van der Waals surface area (Å²) < 4.78 is 35.5. The van der Waals surface area contributed by atoms with Crippen LogP contribution in [-0.2, 0) is 24.4 Å². The number of carboxylic acid groups (broad SMARTS) is 2. The number of carbonyl (C=O) groups excluding carboxylic acids is 2. The zero-order valence-corrected chi connectivity index (χ0v) is 17.7. The van der Waals surface area contributed by atoms with Gasteiger partial charge in [0.1, 0.15) is 21.5 Å². The molecular formula is C6H7Na3O9S. The van der Waals surface area contributed by atoms with Crippen LogP contribution in [-0.4, -0.2) is 47.7 Å². The van der Waals surface area contributed by atoms with Crippen LogP contribution in [0.3, 0.4) is 0 Å². The van der Waals surface area contributed by atoms with Crippen molar-refractivity contribution in [2.75, 3.05) is 0 Å². The van der Waals surface area contributed by atoms with E-state index in [2.05, 4.69) is 4.74 Å². The van der Waals surface area contributed by atoms with E-state index < -0.39 is 39.7 Å². The number of aliphatic carboxylic acids is 2. The molecule has 0 spiro atoms. The fraction of sp³-hybridized carbons (Fsp3) is 0.667. The second-order valence-electron chi connectivity index (χ2n) is 2.71. The minimum Gasteiger partial charge on any atom is -0.747 e. The van der Waals surface area contributed by atoms with E-state index in [0.717, 1.165) is 6.92 Å². The average molecular weight is 324 g/mol. The van der Waals surface area contributed by atoms with Crippen LogP contribution in [0.4, 0.5) is 0 Å². The molecule has 9 nitrogen and oxygen atoms in total. The van der Waals surface area contributed by atoms with Crippen molar-refractivity contribution >= 4 is 22.1 Å². The predicted molar refractivity (Wildman–Crippen MR) is 40.1 cm³/mol. The summed E-state index contributed by atoms with van der Waals surface area (Å²) in [5, 5.41) is 26.4. The first kappa shape index (κ1) is 28.9. The van der Waals surface area contributed by atoms with Gasteiger partial charge >= 0.3 is 88.7 Å². The number of carbonyl (C=O) groups is 2. The summed E-state index contributed by atoms with van der Waals surface area (Å²) in [7, 11) is -5.52. The molecule has 0 rings (SSSR count). The van der Waals surface area contributed by atoms with Crippen LogP contribution in [0.1, 0.15) is 6.92 Å². The Morgan fingerprint density at radius 3 is 1.63 bits per heavy atom. The molecular weight excluding hydrogens is 317 g/mol. The standard InChI is InChI=1S/C6H10O9S.3Na/c1-2(7)15-3(5(8)9)4(6(10)11)16(12,13)14;;;/h2-4,7H,1H3,(H,8,9)(H,10,11)(H,12,13,14);;;/q;3*+1/p-3. The van der Waals surface area contributed by atoms with E-state index in [-0.39, 0.29) is 88.7 Å². The van der Waals surface area contributed by atoms with Crippen molar-refractivity contribution in [1.82, 2.24) is 0 Å². The van der Waals surface area contributed by atoms with E-state index in [0.29, 0.717) is 0 Å². The van der Waals surface area contributed by atoms with Gasteiger partial charge < -0.3 is 34.2 Å². The second kappa shape index (κ2) is 12.3. The summed E-state index contributed by atoms with van der Waals surface area (Å²) in [6, 6.07) is 0. The van der Waals surface area contributed by atoms with Gasteiger partial charge in [0.2, 0.25) is 0 Å². The summed E-state index contributed by atoms with van der Waals surface area (Å²) in [5.74, 6) is -4.72. The van der Waals surface area contributed by atoms with E-state index in [9.17, 15) is 32.8 Å². The second-order valence-corrected chi connectivity index (χ2v) is 4.20. The maximum absolute atomic E-state index is 10.5. The summed E-state index contributed by atoms with van der Waals surface area (Å²) in [4.78, 5) is 20.7. The van der Waals surface area contributed by atoms with Gasteiger partial charge in [-0.15, -0.1) is 0 Å². The van der Waals surface area contributed by atoms with Gasteiger partial charge in [-0.25, -0.2) is 8.42 Å². The molecule has 19 heavy (non-hydrogen) atoms. The first-order valence-electron chi connectivity index (χ1n) is 3.77. The monoisotopic (exact) mass is 324 g/mol. The van der Waals surface area contributed by atoms with Crippen molar-refractivity contribution in [3.8, 4) is 0 Å². The molecule has 0 heterocycles. The van der Waals surface area contributed by atoms with Gasteiger partial charge in [0.25, 0.3) is 0 Å². The Kier molecular flexibility index (Phi) is 18.7. The molecule has 94 valence electrons. The van der Waals surface area contributed by atoms with Crippen molar-refractivity contribution in [3.05, 3.63) is 0 Å². The van der Waals surface area contributed by atoms with Gasteiger partial charge in [-0.3, -0.25) is 0 Å². The minimum atomic E-state index is -5.52. The summed E-state index contributed by atoms with van der Waals surface area (Å²) in [6.07, 6.45) is -4.45. The summed E-state index contributed by atoms with van der Waals surface area (Å²) >= 11 is 0. The van der Waals surface area contributed by atoms with E-state index in [1.54, 1.807) is 0 Å². The smallest absolute Gasteiger partial charge is 0.747 e. The molecule has 0 aliphatic heterocycles. The molecule has 0 aliphatic carbocycles.